The molecule has 1 heterocycles. The maximum Gasteiger partial charge on any atom is 0.331 e. The van der Waals surface area contributed by atoms with Crippen LogP contribution in [0.2, 0.25) is 0 Å². The molecule has 0 aromatic heterocycles. The number of hydrogen-bond acceptors (Lipinski definition) is 8. The summed E-state index contributed by atoms with van der Waals surface area (Å²) in [6.45, 7) is 1.81. The number of hydrogen-bond donors (Lipinski definition) is 1. The predicted octanol–water partition coefficient (Wildman–Crippen LogP) is 1.27. The third-order valence-corrected chi connectivity index (χ3v) is 4.76. The van der Waals surface area contributed by atoms with Gasteiger partial charge in [0, 0.05) is 0 Å². The number of benzene rings is 2. The number of amides is 4. The van der Waals surface area contributed by atoms with Gasteiger partial charge in [-0.25, -0.2) is 4.79 Å². The molecular weight excluding hydrogens is 444 g/mol. The maximum absolute atomic E-state index is 13.0. The summed E-state index contributed by atoms with van der Waals surface area (Å²) in [5.41, 5.74) is 0.859. The molecule has 3 rings (SSSR count). The van der Waals surface area contributed by atoms with E-state index in [-0.39, 0.29) is 17.9 Å². The SMILES string of the molecule is CCCOc1ccc(CN2C(=O)NC(=O)/C(=C\c3ccc(OCC(=O)[O-])cc3)C2=O)cc1OC. The number of imide groups is 2. The first kappa shape index (κ1) is 24.3. The molecule has 1 saturated heterocycles. The van der Waals surface area contributed by atoms with E-state index in [0.29, 0.717) is 29.2 Å². The highest BCUT2D eigenvalue weighted by Crippen LogP contribution is 2.29. The van der Waals surface area contributed by atoms with Crippen LogP contribution in [0.1, 0.15) is 24.5 Å². The van der Waals surface area contributed by atoms with Gasteiger partial charge < -0.3 is 24.1 Å². The van der Waals surface area contributed by atoms with Crippen LogP contribution in [0.25, 0.3) is 6.08 Å². The fourth-order valence-corrected chi connectivity index (χ4v) is 3.13. The number of methoxy groups -OCH3 is 1. The van der Waals surface area contributed by atoms with Gasteiger partial charge in [-0.1, -0.05) is 25.1 Å². The molecule has 0 radical (unpaired) electrons. The number of aliphatic carboxylic acids is 1. The van der Waals surface area contributed by atoms with Crippen LogP contribution in [0.4, 0.5) is 4.79 Å². The second-order valence-electron chi connectivity index (χ2n) is 7.27. The van der Waals surface area contributed by atoms with Crippen LogP contribution in [-0.2, 0) is 20.9 Å². The van der Waals surface area contributed by atoms with Crippen molar-refractivity contribution in [2.24, 2.45) is 0 Å². The van der Waals surface area contributed by atoms with Gasteiger partial charge in [-0.05, 0) is 47.9 Å². The molecule has 2 aromatic rings. The summed E-state index contributed by atoms with van der Waals surface area (Å²) in [5.74, 6) is -1.64. The topological polar surface area (TPSA) is 134 Å². The molecule has 0 aliphatic carbocycles. The Hall–Kier alpha value is -4.34. The Morgan fingerprint density at radius 1 is 1.06 bits per heavy atom. The number of rotatable bonds is 10. The number of nitrogens with one attached hydrogen (secondary N) is 1. The first-order valence-electron chi connectivity index (χ1n) is 10.4. The van der Waals surface area contributed by atoms with Crippen LogP contribution in [0.5, 0.6) is 17.2 Å². The molecule has 1 aliphatic rings. The monoisotopic (exact) mass is 467 g/mol. The first-order chi connectivity index (χ1) is 16.3. The third kappa shape index (κ3) is 5.91. The van der Waals surface area contributed by atoms with E-state index in [2.05, 4.69) is 5.32 Å². The number of ether oxygens (including phenoxy) is 3. The number of barbiturate groups is 1. The van der Waals surface area contributed by atoms with Gasteiger partial charge in [-0.2, -0.15) is 0 Å². The highest BCUT2D eigenvalue weighted by atomic mass is 16.5. The lowest BCUT2D eigenvalue weighted by Gasteiger charge is -2.26. The van der Waals surface area contributed by atoms with Crippen molar-refractivity contribution >= 4 is 29.9 Å². The summed E-state index contributed by atoms with van der Waals surface area (Å²) in [6.07, 6.45) is 2.16. The lowest BCUT2D eigenvalue weighted by Crippen LogP contribution is -2.53. The number of carbonyl (C=O) groups is 4. The summed E-state index contributed by atoms with van der Waals surface area (Å²) >= 11 is 0. The summed E-state index contributed by atoms with van der Waals surface area (Å²) in [6, 6.07) is 10.3. The van der Waals surface area contributed by atoms with E-state index >= 15 is 0 Å². The lowest BCUT2D eigenvalue weighted by molar-refractivity contribution is -0.307. The molecule has 4 amide bonds. The Bertz CT molecular complexity index is 1120. The minimum Gasteiger partial charge on any atom is -0.546 e. The van der Waals surface area contributed by atoms with Crippen molar-refractivity contribution in [1.82, 2.24) is 10.2 Å². The van der Waals surface area contributed by atoms with E-state index < -0.39 is 30.4 Å². The predicted molar refractivity (Wildman–Crippen MR) is 118 cm³/mol. The Labute approximate surface area is 195 Å². The average Bonchev–Trinajstić information content (AvgIpc) is 2.82. The second kappa shape index (κ2) is 11.0. The molecule has 1 fully saturated rings. The van der Waals surface area contributed by atoms with Crippen molar-refractivity contribution in [2.45, 2.75) is 19.9 Å². The Balaban J connectivity index is 1.79. The molecule has 0 saturated carbocycles. The molecule has 2 aromatic carbocycles. The van der Waals surface area contributed by atoms with Gasteiger partial charge >= 0.3 is 6.03 Å². The number of nitrogens with zero attached hydrogens (tertiary/aromatic N) is 1. The van der Waals surface area contributed by atoms with Crippen LogP contribution in [-0.4, -0.2) is 49.0 Å². The Morgan fingerprint density at radius 2 is 1.79 bits per heavy atom. The van der Waals surface area contributed by atoms with E-state index in [1.807, 2.05) is 6.92 Å². The fourth-order valence-electron chi connectivity index (χ4n) is 3.13. The van der Waals surface area contributed by atoms with Gasteiger partial charge in [0.25, 0.3) is 11.8 Å². The highest BCUT2D eigenvalue weighted by molar-refractivity contribution is 6.30. The molecule has 0 atom stereocenters. The first-order valence-corrected chi connectivity index (χ1v) is 10.4. The minimum absolute atomic E-state index is 0.0876. The van der Waals surface area contributed by atoms with Gasteiger partial charge in [-0.15, -0.1) is 0 Å². The summed E-state index contributed by atoms with van der Waals surface area (Å²) < 4.78 is 16.0. The van der Waals surface area contributed by atoms with Crippen LogP contribution in [0.15, 0.2) is 48.0 Å². The number of carboxylic acids is 1. The summed E-state index contributed by atoms with van der Waals surface area (Å²) in [4.78, 5) is 49.1. The minimum atomic E-state index is -1.36. The van der Waals surface area contributed by atoms with Gasteiger partial charge in [0.1, 0.15) is 17.9 Å². The van der Waals surface area contributed by atoms with Crippen LogP contribution in [0.3, 0.4) is 0 Å². The largest absolute Gasteiger partial charge is 0.546 e. The quantitative estimate of drug-likeness (QED) is 0.408. The van der Waals surface area contributed by atoms with Gasteiger partial charge in [0.15, 0.2) is 11.5 Å². The van der Waals surface area contributed by atoms with Crippen LogP contribution in [0, 0.1) is 0 Å². The fraction of sp³-hybridized carbons (Fsp3) is 0.250. The number of carbonyl (C=O) groups excluding carboxylic acids is 4. The normalized spacial score (nSPS) is 14.7. The van der Waals surface area contributed by atoms with Gasteiger partial charge in [0.05, 0.1) is 26.2 Å². The maximum atomic E-state index is 13.0. The number of carboxylic acid groups (broad SMARTS) is 1. The van der Waals surface area contributed by atoms with E-state index in [1.165, 1.54) is 25.3 Å². The zero-order chi connectivity index (χ0) is 24.7. The van der Waals surface area contributed by atoms with Crippen LogP contribution >= 0.6 is 0 Å². The molecule has 10 heteroatoms. The van der Waals surface area contributed by atoms with Crippen LogP contribution < -0.4 is 24.6 Å². The molecule has 1 N–H and O–H groups in total. The van der Waals surface area contributed by atoms with E-state index in [9.17, 15) is 24.3 Å². The number of urea groups is 1. The molecule has 178 valence electrons. The molecule has 1 aliphatic heterocycles. The molecule has 0 bridgehead atoms. The highest BCUT2D eigenvalue weighted by Gasteiger charge is 2.35. The summed E-state index contributed by atoms with van der Waals surface area (Å²) in [5, 5.41) is 12.7. The molecule has 0 unspecified atom stereocenters. The molecule has 34 heavy (non-hydrogen) atoms. The smallest absolute Gasteiger partial charge is 0.331 e. The van der Waals surface area contributed by atoms with E-state index in [4.69, 9.17) is 14.2 Å². The molecular formula is C24H23N2O8-. The zero-order valence-electron chi connectivity index (χ0n) is 18.7. The molecule has 0 spiro atoms. The van der Waals surface area contributed by atoms with Crippen molar-refractivity contribution in [3.8, 4) is 17.2 Å². The van der Waals surface area contributed by atoms with Gasteiger partial charge in [-0.3, -0.25) is 19.8 Å². The second-order valence-corrected chi connectivity index (χ2v) is 7.27. The average molecular weight is 467 g/mol. The van der Waals surface area contributed by atoms with E-state index in [1.54, 1.807) is 30.3 Å². The van der Waals surface area contributed by atoms with E-state index in [0.717, 1.165) is 11.3 Å². The Kier molecular flexibility index (Phi) is 7.86. The molecule has 10 nitrogen and oxygen atoms in total. The van der Waals surface area contributed by atoms with Crippen molar-refractivity contribution in [2.75, 3.05) is 20.3 Å². The Morgan fingerprint density at radius 3 is 2.44 bits per heavy atom. The van der Waals surface area contributed by atoms with Gasteiger partial charge in [0.2, 0.25) is 0 Å². The standard InChI is InChI=1S/C24H24N2O8/c1-3-10-33-19-9-6-16(12-20(19)32-2)13-26-23(30)18(22(29)25-24(26)31)11-15-4-7-17(8-5-15)34-14-21(27)28/h4-9,11-12H,3,10,13-14H2,1-2H3,(H,27,28)(H,25,29,31)/p-1/b18-11+. The zero-order valence-corrected chi connectivity index (χ0v) is 18.7. The van der Waals surface area contributed by atoms with Crippen molar-refractivity contribution in [3.63, 3.8) is 0 Å². The third-order valence-electron chi connectivity index (χ3n) is 4.76. The van der Waals surface area contributed by atoms with Crippen molar-refractivity contribution in [1.29, 1.82) is 0 Å². The lowest BCUT2D eigenvalue weighted by atomic mass is 10.1. The van der Waals surface area contributed by atoms with Crippen molar-refractivity contribution in [3.05, 3.63) is 59.2 Å². The summed E-state index contributed by atoms with van der Waals surface area (Å²) in [7, 11) is 1.49. The van der Waals surface area contributed by atoms with Crippen molar-refractivity contribution < 1.29 is 38.5 Å².